The van der Waals surface area contributed by atoms with Gasteiger partial charge in [-0.1, -0.05) is 0 Å². The SMILES string of the molecule is Cc1ncsc1CCNCC(C)(O)CN(C)C. The monoisotopic (exact) mass is 257 g/mol. The molecule has 0 aliphatic heterocycles. The number of rotatable bonds is 7. The number of nitrogens with one attached hydrogen (secondary N) is 1. The van der Waals surface area contributed by atoms with Crippen LogP contribution >= 0.6 is 11.3 Å². The summed E-state index contributed by atoms with van der Waals surface area (Å²) in [4.78, 5) is 7.54. The van der Waals surface area contributed by atoms with E-state index in [-0.39, 0.29) is 0 Å². The van der Waals surface area contributed by atoms with Crippen molar-refractivity contribution in [1.82, 2.24) is 15.2 Å². The van der Waals surface area contributed by atoms with Crippen molar-refractivity contribution in [1.29, 1.82) is 0 Å². The zero-order valence-corrected chi connectivity index (χ0v) is 12.0. The highest BCUT2D eigenvalue weighted by Crippen LogP contribution is 2.12. The minimum atomic E-state index is -0.674. The first-order chi connectivity index (χ1) is 7.91. The van der Waals surface area contributed by atoms with Crippen LogP contribution in [0.4, 0.5) is 0 Å². The lowest BCUT2D eigenvalue weighted by molar-refractivity contribution is 0.0341. The highest BCUT2D eigenvalue weighted by Gasteiger charge is 2.20. The van der Waals surface area contributed by atoms with E-state index in [1.807, 2.05) is 38.4 Å². The molecule has 0 amide bonds. The van der Waals surface area contributed by atoms with E-state index in [1.54, 1.807) is 11.3 Å². The quantitative estimate of drug-likeness (QED) is 0.713. The van der Waals surface area contributed by atoms with E-state index in [0.717, 1.165) is 18.7 Å². The van der Waals surface area contributed by atoms with Crippen LogP contribution in [0.25, 0.3) is 0 Å². The topological polar surface area (TPSA) is 48.4 Å². The Balaban J connectivity index is 2.22. The van der Waals surface area contributed by atoms with Crippen molar-refractivity contribution in [3.8, 4) is 0 Å². The number of aliphatic hydroxyl groups is 1. The standard InChI is InChI=1S/C12H23N3OS/c1-10-11(17-9-14-10)5-6-13-7-12(2,16)8-15(3)4/h9,13,16H,5-8H2,1-4H3. The minimum Gasteiger partial charge on any atom is -0.388 e. The van der Waals surface area contributed by atoms with Crippen LogP contribution in [0.2, 0.25) is 0 Å². The summed E-state index contributed by atoms with van der Waals surface area (Å²) in [6, 6.07) is 0. The Hall–Kier alpha value is -0.490. The van der Waals surface area contributed by atoms with E-state index in [1.165, 1.54) is 4.88 Å². The molecule has 1 heterocycles. The summed E-state index contributed by atoms with van der Waals surface area (Å²) in [6.45, 7) is 6.06. The van der Waals surface area contributed by atoms with Gasteiger partial charge >= 0.3 is 0 Å². The Labute approximate surface area is 108 Å². The molecule has 1 aromatic rings. The van der Waals surface area contributed by atoms with Crippen molar-refractivity contribution in [2.75, 3.05) is 33.7 Å². The molecule has 0 saturated heterocycles. The summed E-state index contributed by atoms with van der Waals surface area (Å²) in [5, 5.41) is 13.4. The summed E-state index contributed by atoms with van der Waals surface area (Å²) >= 11 is 1.70. The maximum Gasteiger partial charge on any atom is 0.0869 e. The fourth-order valence-corrected chi connectivity index (χ4v) is 2.64. The Morgan fingerprint density at radius 3 is 2.76 bits per heavy atom. The molecule has 98 valence electrons. The molecule has 0 bridgehead atoms. The van der Waals surface area contributed by atoms with Crippen LogP contribution in [0.3, 0.4) is 0 Å². The van der Waals surface area contributed by atoms with Gasteiger partial charge in [0.2, 0.25) is 0 Å². The zero-order valence-electron chi connectivity index (χ0n) is 11.2. The molecule has 1 unspecified atom stereocenters. The molecule has 4 nitrogen and oxygen atoms in total. The first-order valence-corrected chi connectivity index (χ1v) is 6.75. The number of hydrogen-bond donors (Lipinski definition) is 2. The van der Waals surface area contributed by atoms with Crippen molar-refractivity contribution in [3.63, 3.8) is 0 Å². The van der Waals surface area contributed by atoms with Crippen molar-refractivity contribution in [2.24, 2.45) is 0 Å². The fraction of sp³-hybridized carbons (Fsp3) is 0.750. The smallest absolute Gasteiger partial charge is 0.0869 e. The predicted octanol–water partition coefficient (Wildman–Crippen LogP) is 0.896. The molecule has 0 aliphatic carbocycles. The van der Waals surface area contributed by atoms with Crippen LogP contribution in [-0.2, 0) is 6.42 Å². The van der Waals surface area contributed by atoms with E-state index in [0.29, 0.717) is 13.1 Å². The lowest BCUT2D eigenvalue weighted by Gasteiger charge is -2.27. The second kappa shape index (κ2) is 6.44. The third-order valence-electron chi connectivity index (χ3n) is 2.54. The van der Waals surface area contributed by atoms with Gasteiger partial charge in [-0.05, 0) is 34.4 Å². The number of hydrogen-bond acceptors (Lipinski definition) is 5. The molecule has 0 spiro atoms. The summed E-state index contributed by atoms with van der Waals surface area (Å²) in [6.07, 6.45) is 0.981. The van der Waals surface area contributed by atoms with Gasteiger partial charge < -0.3 is 15.3 Å². The summed E-state index contributed by atoms with van der Waals surface area (Å²) in [5.41, 5.74) is 2.33. The number of aromatic nitrogens is 1. The molecule has 1 rings (SSSR count). The second-order valence-corrected chi connectivity index (χ2v) is 5.96. The molecule has 0 saturated carbocycles. The van der Waals surface area contributed by atoms with Gasteiger partial charge in [0.25, 0.3) is 0 Å². The van der Waals surface area contributed by atoms with Gasteiger partial charge in [0.15, 0.2) is 0 Å². The van der Waals surface area contributed by atoms with Crippen LogP contribution in [0.5, 0.6) is 0 Å². The second-order valence-electron chi connectivity index (χ2n) is 5.02. The molecule has 0 fully saturated rings. The molecule has 1 atom stereocenters. The van der Waals surface area contributed by atoms with Crippen molar-refractivity contribution in [2.45, 2.75) is 25.9 Å². The van der Waals surface area contributed by atoms with Crippen LogP contribution < -0.4 is 5.32 Å². The lowest BCUT2D eigenvalue weighted by Crippen LogP contribution is -2.45. The van der Waals surface area contributed by atoms with E-state index >= 15 is 0 Å². The molecule has 0 aliphatic rings. The molecule has 17 heavy (non-hydrogen) atoms. The van der Waals surface area contributed by atoms with Crippen LogP contribution in [-0.4, -0.2) is 54.3 Å². The summed E-state index contributed by atoms with van der Waals surface area (Å²) < 4.78 is 0. The average molecular weight is 257 g/mol. The van der Waals surface area contributed by atoms with E-state index in [4.69, 9.17) is 0 Å². The number of nitrogens with zero attached hydrogens (tertiary/aromatic N) is 2. The Morgan fingerprint density at radius 2 is 2.24 bits per heavy atom. The first-order valence-electron chi connectivity index (χ1n) is 5.87. The van der Waals surface area contributed by atoms with E-state index in [2.05, 4.69) is 10.3 Å². The van der Waals surface area contributed by atoms with Crippen LogP contribution in [0, 0.1) is 6.92 Å². The first kappa shape index (κ1) is 14.6. The summed E-state index contributed by atoms with van der Waals surface area (Å²) in [7, 11) is 3.93. The number of thiazole rings is 1. The molecular weight excluding hydrogens is 234 g/mol. The molecule has 5 heteroatoms. The van der Waals surface area contributed by atoms with Crippen molar-refractivity contribution >= 4 is 11.3 Å². The molecule has 0 radical (unpaired) electrons. The van der Waals surface area contributed by atoms with Crippen LogP contribution in [0.1, 0.15) is 17.5 Å². The van der Waals surface area contributed by atoms with Gasteiger partial charge in [-0.2, -0.15) is 0 Å². The van der Waals surface area contributed by atoms with Gasteiger partial charge in [-0.15, -0.1) is 11.3 Å². The Kier molecular flexibility index (Phi) is 5.52. The van der Waals surface area contributed by atoms with E-state index < -0.39 is 5.60 Å². The maximum absolute atomic E-state index is 10.1. The summed E-state index contributed by atoms with van der Waals surface area (Å²) in [5.74, 6) is 0. The third-order valence-corrected chi connectivity index (χ3v) is 3.53. The van der Waals surface area contributed by atoms with Gasteiger partial charge in [-0.25, -0.2) is 4.98 Å². The van der Waals surface area contributed by atoms with Gasteiger partial charge in [0, 0.05) is 24.5 Å². The predicted molar refractivity (Wildman–Crippen MR) is 72.6 cm³/mol. The van der Waals surface area contributed by atoms with Crippen molar-refractivity contribution in [3.05, 3.63) is 16.1 Å². The Morgan fingerprint density at radius 1 is 1.53 bits per heavy atom. The number of aryl methyl sites for hydroxylation is 1. The van der Waals surface area contributed by atoms with Gasteiger partial charge in [-0.3, -0.25) is 0 Å². The number of likely N-dealkylation sites (N-methyl/N-ethyl adjacent to an activating group) is 1. The zero-order chi connectivity index (χ0) is 12.9. The lowest BCUT2D eigenvalue weighted by atomic mass is 10.1. The van der Waals surface area contributed by atoms with E-state index in [9.17, 15) is 5.11 Å². The molecular formula is C12H23N3OS. The Bertz CT molecular complexity index is 336. The van der Waals surface area contributed by atoms with Gasteiger partial charge in [0.05, 0.1) is 16.8 Å². The largest absolute Gasteiger partial charge is 0.388 e. The maximum atomic E-state index is 10.1. The average Bonchev–Trinajstić information content (AvgIpc) is 2.57. The minimum absolute atomic E-state index is 0.614. The molecule has 0 aromatic carbocycles. The highest BCUT2D eigenvalue weighted by atomic mass is 32.1. The fourth-order valence-electron chi connectivity index (χ4n) is 1.86. The third kappa shape index (κ3) is 5.59. The van der Waals surface area contributed by atoms with Crippen molar-refractivity contribution < 1.29 is 5.11 Å². The van der Waals surface area contributed by atoms with Crippen LogP contribution in [0.15, 0.2) is 5.51 Å². The normalized spacial score (nSPS) is 15.2. The highest BCUT2D eigenvalue weighted by molar-refractivity contribution is 7.09. The van der Waals surface area contributed by atoms with Gasteiger partial charge in [0.1, 0.15) is 0 Å². The molecule has 2 N–H and O–H groups in total. The molecule has 1 aromatic heterocycles.